The molecule has 4 rings (SSSR count). The highest BCUT2D eigenvalue weighted by molar-refractivity contribution is 5.86. The van der Waals surface area contributed by atoms with Crippen LogP contribution in [0.15, 0.2) is 30.9 Å². The van der Waals surface area contributed by atoms with Gasteiger partial charge in [-0.05, 0) is 37.3 Å². The van der Waals surface area contributed by atoms with Gasteiger partial charge < -0.3 is 14.2 Å². The first-order chi connectivity index (χ1) is 13.0. The van der Waals surface area contributed by atoms with E-state index in [4.69, 9.17) is 9.84 Å². The number of esters is 1. The van der Waals surface area contributed by atoms with Crippen LogP contribution in [0.2, 0.25) is 0 Å². The van der Waals surface area contributed by atoms with E-state index >= 15 is 0 Å². The highest BCUT2D eigenvalue weighted by Crippen LogP contribution is 2.40. The Morgan fingerprint density at radius 2 is 2.11 bits per heavy atom. The van der Waals surface area contributed by atoms with Gasteiger partial charge in [0, 0.05) is 24.2 Å². The molecular formula is C19H20N4O4. The van der Waals surface area contributed by atoms with E-state index in [0.717, 1.165) is 24.1 Å². The van der Waals surface area contributed by atoms with Crippen molar-refractivity contribution in [2.24, 2.45) is 0 Å². The zero-order valence-corrected chi connectivity index (χ0v) is 15.0. The number of carbonyl (C=O) groups excluding carboxylic acids is 1. The van der Waals surface area contributed by atoms with Crippen molar-refractivity contribution in [3.8, 4) is 0 Å². The Hall–Kier alpha value is -3.16. The van der Waals surface area contributed by atoms with Crippen molar-refractivity contribution in [1.82, 2.24) is 19.2 Å². The molecule has 0 bridgehead atoms. The maximum Gasteiger partial charge on any atom is 0.338 e. The number of hydrogen-bond acceptors (Lipinski definition) is 5. The monoisotopic (exact) mass is 368 g/mol. The van der Waals surface area contributed by atoms with Gasteiger partial charge in [0.05, 0.1) is 37.0 Å². The predicted octanol–water partition coefficient (Wildman–Crippen LogP) is 2.26. The van der Waals surface area contributed by atoms with Crippen molar-refractivity contribution in [2.75, 3.05) is 6.61 Å². The summed E-state index contributed by atoms with van der Waals surface area (Å²) in [4.78, 5) is 27.6. The lowest BCUT2D eigenvalue weighted by Gasteiger charge is -2.07. The van der Waals surface area contributed by atoms with Crippen LogP contribution < -0.4 is 0 Å². The number of pyridine rings is 1. The average molecular weight is 368 g/mol. The second kappa shape index (κ2) is 6.86. The molecule has 8 heteroatoms. The number of aromatic carboxylic acids is 1. The van der Waals surface area contributed by atoms with Crippen molar-refractivity contribution >= 4 is 17.6 Å². The third-order valence-electron chi connectivity index (χ3n) is 4.59. The summed E-state index contributed by atoms with van der Waals surface area (Å²) in [5.41, 5.74) is 3.65. The molecule has 0 aliphatic heterocycles. The Bertz CT molecular complexity index is 1020. The van der Waals surface area contributed by atoms with E-state index in [2.05, 4.69) is 22.3 Å². The predicted molar refractivity (Wildman–Crippen MR) is 95.8 cm³/mol. The number of ether oxygens (including phenoxy) is 1. The fraction of sp³-hybridized carbons (Fsp3) is 0.368. The SMILES string of the molecule is CCOC(=O)Cc1cc(C2CC2)cn2cc(Cn3cc(C(=O)O)cn3)nc12. The van der Waals surface area contributed by atoms with E-state index in [1.54, 1.807) is 6.92 Å². The molecule has 0 atom stereocenters. The van der Waals surface area contributed by atoms with Gasteiger partial charge in [-0.2, -0.15) is 5.10 Å². The molecule has 0 aromatic carbocycles. The molecular weight excluding hydrogens is 348 g/mol. The molecule has 140 valence electrons. The largest absolute Gasteiger partial charge is 0.478 e. The topological polar surface area (TPSA) is 98.7 Å². The number of carboxylic acid groups (broad SMARTS) is 1. The first kappa shape index (κ1) is 17.3. The van der Waals surface area contributed by atoms with Crippen molar-refractivity contribution in [3.05, 3.63) is 53.2 Å². The molecule has 0 spiro atoms. The number of nitrogens with zero attached hydrogens (tertiary/aromatic N) is 4. The molecule has 3 aromatic rings. The summed E-state index contributed by atoms with van der Waals surface area (Å²) in [6.07, 6.45) is 9.26. The molecule has 0 saturated heterocycles. The lowest BCUT2D eigenvalue weighted by molar-refractivity contribution is -0.142. The fourth-order valence-corrected chi connectivity index (χ4v) is 3.18. The summed E-state index contributed by atoms with van der Waals surface area (Å²) in [6.45, 7) is 2.49. The van der Waals surface area contributed by atoms with E-state index in [1.807, 2.05) is 10.6 Å². The molecule has 1 saturated carbocycles. The van der Waals surface area contributed by atoms with Gasteiger partial charge in [0.25, 0.3) is 0 Å². The van der Waals surface area contributed by atoms with Crippen LogP contribution in [0.1, 0.15) is 52.9 Å². The summed E-state index contributed by atoms with van der Waals surface area (Å²) in [6, 6.07) is 2.05. The number of imidazole rings is 1. The second-order valence-corrected chi connectivity index (χ2v) is 6.75. The summed E-state index contributed by atoms with van der Waals surface area (Å²) >= 11 is 0. The number of carbonyl (C=O) groups is 2. The minimum atomic E-state index is -1.01. The molecule has 1 N–H and O–H groups in total. The second-order valence-electron chi connectivity index (χ2n) is 6.75. The molecule has 27 heavy (non-hydrogen) atoms. The summed E-state index contributed by atoms with van der Waals surface area (Å²) in [5.74, 6) is -0.734. The van der Waals surface area contributed by atoms with Gasteiger partial charge >= 0.3 is 11.9 Å². The highest BCUT2D eigenvalue weighted by Gasteiger charge is 2.25. The Morgan fingerprint density at radius 3 is 2.78 bits per heavy atom. The minimum Gasteiger partial charge on any atom is -0.478 e. The number of aromatic nitrogens is 4. The van der Waals surface area contributed by atoms with E-state index in [-0.39, 0.29) is 18.0 Å². The molecule has 1 aliphatic rings. The van der Waals surface area contributed by atoms with Crippen LogP contribution in [0.5, 0.6) is 0 Å². The van der Waals surface area contributed by atoms with Gasteiger partial charge in [-0.3, -0.25) is 9.48 Å². The summed E-state index contributed by atoms with van der Waals surface area (Å²) in [7, 11) is 0. The number of carboxylic acids is 1. The molecule has 1 fully saturated rings. The standard InChI is InChI=1S/C19H20N4O4/c1-2-27-17(24)6-13-5-14(12-3-4-12)8-22-10-16(21-18(13)22)11-23-9-15(7-20-23)19(25)26/h5,7-10,12H,2-4,6,11H2,1H3,(H,25,26). The molecule has 8 nitrogen and oxygen atoms in total. The Morgan fingerprint density at radius 1 is 1.30 bits per heavy atom. The Labute approximate surface area is 155 Å². The average Bonchev–Trinajstić information content (AvgIpc) is 3.22. The van der Waals surface area contributed by atoms with Crippen LogP contribution in [0, 0.1) is 0 Å². The van der Waals surface area contributed by atoms with Crippen LogP contribution in [0.3, 0.4) is 0 Å². The van der Waals surface area contributed by atoms with Crippen molar-refractivity contribution in [3.63, 3.8) is 0 Å². The molecule has 0 amide bonds. The number of fused-ring (bicyclic) bond motifs is 1. The van der Waals surface area contributed by atoms with Gasteiger partial charge in [-0.1, -0.05) is 0 Å². The van der Waals surface area contributed by atoms with Crippen LogP contribution in [-0.4, -0.2) is 42.8 Å². The van der Waals surface area contributed by atoms with Gasteiger partial charge in [-0.15, -0.1) is 0 Å². The van der Waals surface area contributed by atoms with E-state index in [1.165, 1.54) is 22.6 Å². The molecule has 1 aliphatic carbocycles. The van der Waals surface area contributed by atoms with Crippen molar-refractivity contribution < 1.29 is 19.4 Å². The van der Waals surface area contributed by atoms with E-state index in [0.29, 0.717) is 24.7 Å². The summed E-state index contributed by atoms with van der Waals surface area (Å²) < 4.78 is 8.58. The van der Waals surface area contributed by atoms with Crippen LogP contribution >= 0.6 is 0 Å². The summed E-state index contributed by atoms with van der Waals surface area (Å²) in [5, 5.41) is 13.1. The van der Waals surface area contributed by atoms with Crippen LogP contribution in [0.4, 0.5) is 0 Å². The number of hydrogen-bond donors (Lipinski definition) is 1. The van der Waals surface area contributed by atoms with Gasteiger partial charge in [-0.25, -0.2) is 9.78 Å². The van der Waals surface area contributed by atoms with Crippen molar-refractivity contribution in [2.45, 2.75) is 38.6 Å². The van der Waals surface area contributed by atoms with Crippen molar-refractivity contribution in [1.29, 1.82) is 0 Å². The third-order valence-corrected chi connectivity index (χ3v) is 4.59. The normalized spacial score (nSPS) is 13.8. The number of rotatable bonds is 7. The first-order valence-corrected chi connectivity index (χ1v) is 8.95. The van der Waals surface area contributed by atoms with E-state index in [9.17, 15) is 9.59 Å². The van der Waals surface area contributed by atoms with Gasteiger partial charge in [0.1, 0.15) is 5.65 Å². The Kier molecular flexibility index (Phi) is 4.39. The zero-order valence-electron chi connectivity index (χ0n) is 15.0. The van der Waals surface area contributed by atoms with E-state index < -0.39 is 5.97 Å². The maximum absolute atomic E-state index is 12.0. The fourth-order valence-electron chi connectivity index (χ4n) is 3.18. The lowest BCUT2D eigenvalue weighted by atomic mass is 10.1. The Balaban J connectivity index is 1.66. The third kappa shape index (κ3) is 3.69. The van der Waals surface area contributed by atoms with Crippen LogP contribution in [-0.2, 0) is 22.5 Å². The van der Waals surface area contributed by atoms with Gasteiger partial charge in [0.2, 0.25) is 0 Å². The smallest absolute Gasteiger partial charge is 0.338 e. The molecule has 3 heterocycles. The molecule has 0 radical (unpaired) electrons. The maximum atomic E-state index is 12.0. The lowest BCUT2D eigenvalue weighted by Crippen LogP contribution is -2.09. The highest BCUT2D eigenvalue weighted by atomic mass is 16.5. The van der Waals surface area contributed by atoms with Crippen LogP contribution in [0.25, 0.3) is 5.65 Å². The quantitative estimate of drug-likeness (QED) is 0.642. The zero-order chi connectivity index (χ0) is 19.0. The molecule has 3 aromatic heterocycles. The first-order valence-electron chi connectivity index (χ1n) is 8.95. The molecule has 0 unspecified atom stereocenters. The van der Waals surface area contributed by atoms with Gasteiger partial charge in [0.15, 0.2) is 0 Å². The minimum absolute atomic E-state index is 0.137.